The van der Waals surface area contributed by atoms with Gasteiger partial charge in [-0.05, 0) is 50.9 Å². The summed E-state index contributed by atoms with van der Waals surface area (Å²) in [4.78, 5) is 0. The highest BCUT2D eigenvalue weighted by Crippen LogP contribution is 2.22. The first kappa shape index (κ1) is 19.2. The van der Waals surface area contributed by atoms with Gasteiger partial charge in [0, 0.05) is 0 Å². The maximum absolute atomic E-state index is 2.41. The van der Waals surface area contributed by atoms with Crippen LogP contribution in [0.5, 0.6) is 0 Å². The summed E-state index contributed by atoms with van der Waals surface area (Å²) in [5, 5.41) is 0. The van der Waals surface area contributed by atoms with Gasteiger partial charge in [-0.3, -0.25) is 0 Å². The zero-order chi connectivity index (χ0) is 15.7. The van der Waals surface area contributed by atoms with Gasteiger partial charge in [0.05, 0.1) is 0 Å². The zero-order valence-corrected chi connectivity index (χ0v) is 15.0. The Labute approximate surface area is 128 Å². The lowest BCUT2D eigenvalue weighted by atomic mass is 9.88. The van der Waals surface area contributed by atoms with Gasteiger partial charge in [-0.15, -0.1) is 0 Å². The molecule has 0 aliphatic carbocycles. The molecular weight excluding hydrogens is 240 g/mol. The Kier molecular flexibility index (Phi) is 9.63. The molecule has 20 heavy (non-hydrogen) atoms. The zero-order valence-electron chi connectivity index (χ0n) is 15.0. The average molecular weight is 277 g/mol. The van der Waals surface area contributed by atoms with Crippen LogP contribution >= 0.6 is 0 Å². The van der Waals surface area contributed by atoms with Gasteiger partial charge in [-0.2, -0.15) is 0 Å². The lowest BCUT2D eigenvalue weighted by Crippen LogP contribution is -2.07. The Hall–Kier alpha value is -0.780. The average Bonchev–Trinajstić information content (AvgIpc) is 2.38. The van der Waals surface area contributed by atoms with Crippen molar-refractivity contribution < 1.29 is 0 Å². The van der Waals surface area contributed by atoms with Crippen LogP contribution in [-0.2, 0) is 0 Å². The highest BCUT2D eigenvalue weighted by molar-refractivity contribution is 5.19. The first-order valence-electron chi connectivity index (χ1n) is 8.24. The molecule has 0 aliphatic rings. The number of hydrogen-bond acceptors (Lipinski definition) is 0. The fourth-order valence-electron chi connectivity index (χ4n) is 1.99. The second-order valence-electron chi connectivity index (χ2n) is 7.14. The molecule has 0 aliphatic heterocycles. The molecule has 3 atom stereocenters. The van der Waals surface area contributed by atoms with Crippen LogP contribution in [0.4, 0.5) is 0 Å². The topological polar surface area (TPSA) is 0 Å². The van der Waals surface area contributed by atoms with E-state index in [9.17, 15) is 0 Å². The normalized spacial score (nSPS) is 17.4. The second kappa shape index (κ2) is 10.0. The fourth-order valence-corrected chi connectivity index (χ4v) is 1.99. The van der Waals surface area contributed by atoms with Gasteiger partial charge < -0.3 is 0 Å². The summed E-state index contributed by atoms with van der Waals surface area (Å²) in [5.41, 5.74) is 2.79. The summed E-state index contributed by atoms with van der Waals surface area (Å²) in [6, 6.07) is 0. The van der Waals surface area contributed by atoms with Crippen LogP contribution in [-0.4, -0.2) is 0 Å². The Morgan fingerprint density at radius 1 is 0.800 bits per heavy atom. The first-order chi connectivity index (χ1) is 9.23. The van der Waals surface area contributed by atoms with Crippen LogP contribution in [0, 0.1) is 23.7 Å². The van der Waals surface area contributed by atoms with Crippen molar-refractivity contribution in [1.29, 1.82) is 0 Å². The summed E-state index contributed by atoms with van der Waals surface area (Å²) in [6.07, 6.45) is 11.9. The van der Waals surface area contributed by atoms with E-state index < -0.39 is 0 Å². The number of hydrogen-bond donors (Lipinski definition) is 0. The van der Waals surface area contributed by atoms with E-state index in [1.807, 2.05) is 0 Å². The fraction of sp³-hybridized carbons (Fsp3) is 0.700. The van der Waals surface area contributed by atoms with Crippen molar-refractivity contribution in [2.75, 3.05) is 0 Å². The van der Waals surface area contributed by atoms with Crippen molar-refractivity contribution in [2.45, 2.75) is 68.2 Å². The van der Waals surface area contributed by atoms with Gasteiger partial charge in [0.25, 0.3) is 0 Å². The molecular formula is C20H36. The summed E-state index contributed by atoms with van der Waals surface area (Å²) in [6.45, 7) is 18.1. The maximum Gasteiger partial charge on any atom is -0.00512 e. The molecule has 0 spiro atoms. The minimum Gasteiger partial charge on any atom is -0.0848 e. The minimum atomic E-state index is 0.533. The molecule has 0 fully saturated rings. The highest BCUT2D eigenvalue weighted by Gasteiger charge is 2.10. The lowest BCUT2D eigenvalue weighted by Gasteiger charge is -2.18. The van der Waals surface area contributed by atoms with Crippen LogP contribution in [0.1, 0.15) is 68.2 Å². The first-order valence-corrected chi connectivity index (χ1v) is 8.24. The molecule has 0 saturated heterocycles. The van der Waals surface area contributed by atoms with E-state index in [0.29, 0.717) is 11.8 Å². The van der Waals surface area contributed by atoms with E-state index in [1.165, 1.54) is 24.0 Å². The summed E-state index contributed by atoms with van der Waals surface area (Å²) in [5.74, 6) is 2.81. The molecule has 0 saturated carbocycles. The molecule has 3 unspecified atom stereocenters. The quantitative estimate of drug-likeness (QED) is 0.338. The molecule has 0 aromatic carbocycles. The number of rotatable bonds is 8. The van der Waals surface area contributed by atoms with Crippen LogP contribution in [0.2, 0.25) is 0 Å². The van der Waals surface area contributed by atoms with Crippen LogP contribution < -0.4 is 0 Å². The van der Waals surface area contributed by atoms with E-state index in [0.717, 1.165) is 11.8 Å². The lowest BCUT2D eigenvalue weighted by molar-refractivity contribution is 0.384. The largest absolute Gasteiger partial charge is 0.0848 e. The van der Waals surface area contributed by atoms with Crippen molar-refractivity contribution >= 4 is 0 Å². The summed E-state index contributed by atoms with van der Waals surface area (Å²) >= 11 is 0. The third-order valence-electron chi connectivity index (χ3n) is 4.20. The molecule has 0 aromatic rings. The van der Waals surface area contributed by atoms with Gasteiger partial charge in [-0.25, -0.2) is 0 Å². The van der Waals surface area contributed by atoms with Crippen molar-refractivity contribution in [1.82, 2.24) is 0 Å². The third kappa shape index (κ3) is 9.18. The monoisotopic (exact) mass is 276 g/mol. The van der Waals surface area contributed by atoms with Crippen molar-refractivity contribution in [3.05, 3.63) is 35.5 Å². The Bertz CT molecular complexity index is 337. The van der Waals surface area contributed by atoms with Gasteiger partial charge in [0.15, 0.2) is 0 Å². The van der Waals surface area contributed by atoms with E-state index in [-0.39, 0.29) is 0 Å². The SMILES string of the molecule is CC(C)=C/C=C(\C)C(C)/C=C\C(C)C(C)CCC(C)C. The molecule has 0 rings (SSSR count). The predicted molar refractivity (Wildman–Crippen MR) is 93.9 cm³/mol. The van der Waals surface area contributed by atoms with E-state index >= 15 is 0 Å². The third-order valence-corrected chi connectivity index (χ3v) is 4.20. The van der Waals surface area contributed by atoms with E-state index in [4.69, 9.17) is 0 Å². The van der Waals surface area contributed by atoms with Gasteiger partial charge in [0.2, 0.25) is 0 Å². The van der Waals surface area contributed by atoms with Gasteiger partial charge >= 0.3 is 0 Å². The Morgan fingerprint density at radius 2 is 1.40 bits per heavy atom. The molecule has 0 aromatic heterocycles. The molecule has 0 heterocycles. The highest BCUT2D eigenvalue weighted by atomic mass is 14.2. The Morgan fingerprint density at radius 3 is 1.90 bits per heavy atom. The van der Waals surface area contributed by atoms with Crippen molar-refractivity contribution in [2.24, 2.45) is 23.7 Å². The smallest absolute Gasteiger partial charge is 0.00512 e. The predicted octanol–water partition coefficient (Wildman–Crippen LogP) is 6.80. The van der Waals surface area contributed by atoms with Crippen molar-refractivity contribution in [3.63, 3.8) is 0 Å². The van der Waals surface area contributed by atoms with Crippen LogP contribution in [0.15, 0.2) is 35.5 Å². The van der Waals surface area contributed by atoms with Crippen molar-refractivity contribution in [3.8, 4) is 0 Å². The molecule has 0 amide bonds. The van der Waals surface area contributed by atoms with Crippen LogP contribution in [0.25, 0.3) is 0 Å². The maximum atomic E-state index is 2.41. The number of allylic oxidation sites excluding steroid dienone is 6. The molecule has 0 N–H and O–H groups in total. The molecule has 0 heteroatoms. The molecule has 116 valence electrons. The molecule has 0 bridgehead atoms. The minimum absolute atomic E-state index is 0.533. The molecule has 0 nitrogen and oxygen atoms in total. The molecule has 0 radical (unpaired) electrons. The standard InChI is InChI=1S/C20H36/c1-15(2)9-11-17(5)19(7)13-14-20(8)18(6)12-10-16(3)4/h9,11,13-14,16,18-20H,10,12H2,1-8H3/b14-13-,17-11+. The Balaban J connectivity index is 4.39. The van der Waals surface area contributed by atoms with E-state index in [2.05, 4.69) is 79.7 Å². The summed E-state index contributed by atoms with van der Waals surface area (Å²) in [7, 11) is 0. The van der Waals surface area contributed by atoms with E-state index in [1.54, 1.807) is 0 Å². The summed E-state index contributed by atoms with van der Waals surface area (Å²) < 4.78 is 0. The second-order valence-corrected chi connectivity index (χ2v) is 7.14. The van der Waals surface area contributed by atoms with Gasteiger partial charge in [-0.1, -0.05) is 76.5 Å². The van der Waals surface area contributed by atoms with Gasteiger partial charge in [0.1, 0.15) is 0 Å². The van der Waals surface area contributed by atoms with Crippen LogP contribution in [0.3, 0.4) is 0 Å².